The van der Waals surface area contributed by atoms with Gasteiger partial charge in [-0.15, -0.1) is 0 Å². The van der Waals surface area contributed by atoms with Gasteiger partial charge in [-0.25, -0.2) is 9.29 Å². The van der Waals surface area contributed by atoms with Crippen molar-refractivity contribution in [3.63, 3.8) is 0 Å². The minimum Gasteiger partial charge on any atom is -0.495 e. The largest absolute Gasteiger partial charge is 0.495 e. The molecule has 6 N–H and O–H groups in total. The maximum absolute atomic E-state index is 14.1. The van der Waals surface area contributed by atoms with Crippen molar-refractivity contribution in [2.75, 3.05) is 53.0 Å². The minimum atomic E-state index is -4.73. The van der Waals surface area contributed by atoms with Crippen molar-refractivity contribution >= 4 is 29.5 Å². The van der Waals surface area contributed by atoms with Gasteiger partial charge in [0.1, 0.15) is 17.4 Å². The van der Waals surface area contributed by atoms with Crippen LogP contribution < -0.4 is 20.1 Å². The summed E-state index contributed by atoms with van der Waals surface area (Å²) < 4.78 is 61.3. The quantitative estimate of drug-likeness (QED) is 0.303. The molecule has 16 heteroatoms. The number of nitrogens with one attached hydrogen (secondary N) is 2. The van der Waals surface area contributed by atoms with E-state index in [1.165, 1.54) is 19.1 Å². The minimum absolute atomic E-state index is 0. The van der Waals surface area contributed by atoms with Crippen LogP contribution in [0.1, 0.15) is 39.5 Å². The van der Waals surface area contributed by atoms with Crippen molar-refractivity contribution < 1.29 is 43.1 Å². The molecule has 1 amide bonds. The number of carbonyl (C=O) groups excluding carboxylic acids is 1. The Bertz CT molecular complexity index is 1520. The smallest absolute Gasteiger partial charge is 0.423 e. The van der Waals surface area contributed by atoms with Gasteiger partial charge < -0.3 is 40.7 Å². The molecule has 0 saturated carbocycles. The van der Waals surface area contributed by atoms with Gasteiger partial charge in [0, 0.05) is 31.8 Å². The lowest BCUT2D eigenvalue weighted by atomic mass is 10.0. The summed E-state index contributed by atoms with van der Waals surface area (Å²) in [6.45, 7) is 1.54. The van der Waals surface area contributed by atoms with Gasteiger partial charge in [-0.2, -0.15) is 18.2 Å². The standard InChI is InChI=1S/C31H37F3N6O4S.2H2O/c1-39-13-12-23(26(17-39)43-4)36-28(41)19-10-11-22(24(15-19)42-3)37-30-35-16-21(31(32,33)34)29(38-30)44-25-14-18-8-6-7-9-20(18)27(25)40(2)45-5;;/h6-11,15-16,23,25-27H,12-14,17H2,1-5H3,(H,36,41)(H,35,37,38);2*1H2/t23-,25+,26-,27+;;/m0../s1. The molecule has 2 aromatic carbocycles. The van der Waals surface area contributed by atoms with Gasteiger partial charge in [-0.1, -0.05) is 36.2 Å². The fourth-order valence-corrected chi connectivity index (χ4v) is 6.30. The summed E-state index contributed by atoms with van der Waals surface area (Å²) in [5.74, 6) is -0.695. The van der Waals surface area contributed by atoms with Crippen molar-refractivity contribution in [2.24, 2.45) is 0 Å². The number of likely N-dealkylation sites (tertiary alicyclic amines) is 1. The molecule has 12 nitrogen and oxygen atoms in total. The highest BCUT2D eigenvalue weighted by molar-refractivity contribution is 7.96. The molecule has 0 unspecified atom stereocenters. The van der Waals surface area contributed by atoms with E-state index in [4.69, 9.17) is 14.2 Å². The van der Waals surface area contributed by atoms with Crippen LogP contribution in [0.3, 0.4) is 0 Å². The third-order valence-corrected chi connectivity index (χ3v) is 9.04. The van der Waals surface area contributed by atoms with Gasteiger partial charge >= 0.3 is 6.18 Å². The Kier molecular flexibility index (Phi) is 12.8. The lowest BCUT2D eigenvalue weighted by Crippen LogP contribution is -2.53. The Morgan fingerprint density at radius 3 is 2.55 bits per heavy atom. The molecule has 2 heterocycles. The molecule has 1 aliphatic heterocycles. The third kappa shape index (κ3) is 8.44. The van der Waals surface area contributed by atoms with E-state index in [0.717, 1.165) is 24.1 Å². The molecule has 4 atom stereocenters. The summed E-state index contributed by atoms with van der Waals surface area (Å²) in [5, 5.41) is 5.97. The van der Waals surface area contributed by atoms with E-state index in [0.29, 0.717) is 30.4 Å². The van der Waals surface area contributed by atoms with Crippen LogP contribution in [0.15, 0.2) is 48.7 Å². The van der Waals surface area contributed by atoms with Crippen LogP contribution in [-0.4, -0.2) is 102 Å². The highest BCUT2D eigenvalue weighted by atomic mass is 32.2. The van der Waals surface area contributed by atoms with E-state index in [1.807, 2.05) is 48.9 Å². The van der Waals surface area contributed by atoms with Crippen LogP contribution in [0, 0.1) is 0 Å². The van der Waals surface area contributed by atoms with Gasteiger partial charge in [0.15, 0.2) is 0 Å². The van der Waals surface area contributed by atoms with Crippen molar-refractivity contribution in [1.29, 1.82) is 0 Å². The average molecular weight is 683 g/mol. The highest BCUT2D eigenvalue weighted by Crippen LogP contribution is 2.42. The molecule has 47 heavy (non-hydrogen) atoms. The second kappa shape index (κ2) is 16.0. The summed E-state index contributed by atoms with van der Waals surface area (Å²) in [4.78, 5) is 23.4. The number of carbonyl (C=O) groups is 1. The molecule has 2 aliphatic rings. The number of rotatable bonds is 10. The van der Waals surface area contributed by atoms with Crippen LogP contribution in [0.4, 0.5) is 24.8 Å². The maximum Gasteiger partial charge on any atom is 0.423 e. The van der Waals surface area contributed by atoms with Gasteiger partial charge in [-0.3, -0.25) is 4.79 Å². The maximum atomic E-state index is 14.1. The fraction of sp³-hybridized carbons (Fsp3) is 0.452. The molecule has 5 rings (SSSR count). The topological polar surface area (TPSA) is 164 Å². The Morgan fingerprint density at radius 2 is 1.87 bits per heavy atom. The van der Waals surface area contributed by atoms with Crippen LogP contribution in [0.2, 0.25) is 0 Å². The lowest BCUT2D eigenvalue weighted by Gasteiger charge is -2.36. The number of anilines is 2. The van der Waals surface area contributed by atoms with Crippen LogP contribution in [-0.2, 0) is 17.3 Å². The number of likely N-dealkylation sites (N-methyl/N-ethyl adjacent to an activating group) is 2. The van der Waals surface area contributed by atoms with E-state index in [1.54, 1.807) is 25.3 Å². The third-order valence-electron chi connectivity index (χ3n) is 8.24. The fourth-order valence-electron chi connectivity index (χ4n) is 5.82. The predicted molar refractivity (Wildman–Crippen MR) is 173 cm³/mol. The number of methoxy groups -OCH3 is 2. The molecule has 0 bridgehead atoms. The van der Waals surface area contributed by atoms with Gasteiger partial charge in [0.25, 0.3) is 5.91 Å². The summed E-state index contributed by atoms with van der Waals surface area (Å²) in [5.41, 5.74) is 1.66. The highest BCUT2D eigenvalue weighted by Gasteiger charge is 2.41. The van der Waals surface area contributed by atoms with Crippen molar-refractivity contribution in [3.8, 4) is 11.6 Å². The molecular weight excluding hydrogens is 641 g/mol. The number of benzene rings is 2. The van der Waals surface area contributed by atoms with Crippen molar-refractivity contribution in [3.05, 3.63) is 70.9 Å². The van der Waals surface area contributed by atoms with E-state index < -0.39 is 23.7 Å². The number of halogens is 3. The number of fused-ring (bicyclic) bond motifs is 1. The molecular formula is C31H41F3N6O6S. The van der Waals surface area contributed by atoms with E-state index >= 15 is 0 Å². The number of amides is 1. The molecule has 0 radical (unpaired) electrons. The second-order valence-electron chi connectivity index (χ2n) is 11.1. The average Bonchev–Trinajstić information content (AvgIpc) is 3.38. The van der Waals surface area contributed by atoms with E-state index in [2.05, 4.69) is 25.5 Å². The number of alkyl halides is 3. The number of ether oxygens (including phenoxy) is 3. The summed E-state index contributed by atoms with van der Waals surface area (Å²) in [6.07, 6.45) is -1.70. The zero-order valence-electron chi connectivity index (χ0n) is 26.7. The molecule has 3 aromatic rings. The van der Waals surface area contributed by atoms with Gasteiger partial charge in [0.05, 0.1) is 31.0 Å². The van der Waals surface area contributed by atoms with Crippen LogP contribution >= 0.6 is 11.9 Å². The molecule has 1 saturated heterocycles. The normalized spacial score (nSPS) is 20.9. The molecule has 1 fully saturated rings. The Hall–Kier alpha value is -3.67. The van der Waals surface area contributed by atoms with Crippen molar-refractivity contribution in [1.82, 2.24) is 24.5 Å². The number of hydrogen-bond acceptors (Lipinski definition) is 10. The summed E-state index contributed by atoms with van der Waals surface area (Å²) in [6, 6.07) is 12.0. The molecule has 1 aromatic heterocycles. The molecule has 258 valence electrons. The van der Waals surface area contributed by atoms with Gasteiger partial charge in [0.2, 0.25) is 11.8 Å². The first-order chi connectivity index (χ1) is 21.5. The molecule has 1 aliphatic carbocycles. The number of nitrogens with zero attached hydrogens (tertiary/aromatic N) is 4. The first-order valence-corrected chi connectivity index (χ1v) is 15.6. The Morgan fingerprint density at radius 1 is 1.13 bits per heavy atom. The lowest BCUT2D eigenvalue weighted by molar-refractivity contribution is -0.140. The van der Waals surface area contributed by atoms with Crippen LogP contribution in [0.25, 0.3) is 0 Å². The number of piperidine rings is 1. The van der Waals surface area contributed by atoms with Gasteiger partial charge in [-0.05, 0) is 62.6 Å². The molecule has 0 spiro atoms. The first kappa shape index (κ1) is 37.8. The Balaban J connectivity index is 0.00000300. The zero-order chi connectivity index (χ0) is 32.3. The summed E-state index contributed by atoms with van der Waals surface area (Å²) >= 11 is 1.47. The number of aromatic nitrogens is 2. The SMILES string of the molecule is COc1cc(C(=O)N[C@H]2CCN(C)C[C@@H]2OC)ccc1Nc1ncc(C(F)(F)F)c(O[C@@H]2Cc3ccccc3[C@H]2N(C)SC)n1.O.O. The Labute approximate surface area is 275 Å². The van der Waals surface area contributed by atoms with E-state index in [9.17, 15) is 18.0 Å². The monoisotopic (exact) mass is 682 g/mol. The van der Waals surface area contributed by atoms with Crippen LogP contribution in [0.5, 0.6) is 11.6 Å². The predicted octanol–water partition coefficient (Wildman–Crippen LogP) is 3.30. The number of hydrogen-bond donors (Lipinski definition) is 2. The van der Waals surface area contributed by atoms with E-state index in [-0.39, 0.29) is 46.7 Å². The summed E-state index contributed by atoms with van der Waals surface area (Å²) in [7, 11) is 6.94. The zero-order valence-corrected chi connectivity index (χ0v) is 27.5. The second-order valence-corrected chi connectivity index (χ2v) is 12.0. The first-order valence-electron chi connectivity index (χ1n) is 14.4. The van der Waals surface area contributed by atoms with Crippen molar-refractivity contribution in [2.45, 2.75) is 43.3 Å².